The lowest BCUT2D eigenvalue weighted by Gasteiger charge is -2.36. The van der Waals surface area contributed by atoms with E-state index in [9.17, 15) is 23.3 Å². The normalized spacial score (nSPS) is 16.4. The summed E-state index contributed by atoms with van der Waals surface area (Å²) in [5.74, 6) is -0.814. The molecule has 0 bridgehead atoms. The van der Waals surface area contributed by atoms with Crippen molar-refractivity contribution in [1.82, 2.24) is 14.5 Å². The largest absolute Gasteiger partial charge is 0.483 e. The Labute approximate surface area is 280 Å². The van der Waals surface area contributed by atoms with Crippen LogP contribution in [-0.2, 0) is 16.6 Å². The summed E-state index contributed by atoms with van der Waals surface area (Å²) in [7, 11) is -2.39. The van der Waals surface area contributed by atoms with Crippen molar-refractivity contribution < 1.29 is 22.9 Å². The zero-order valence-corrected chi connectivity index (χ0v) is 27.6. The number of sulfonamides is 1. The van der Waals surface area contributed by atoms with Gasteiger partial charge < -0.3 is 14.5 Å². The van der Waals surface area contributed by atoms with Crippen LogP contribution in [-0.4, -0.2) is 81.5 Å². The van der Waals surface area contributed by atoms with Gasteiger partial charge in [-0.05, 0) is 73.0 Å². The van der Waals surface area contributed by atoms with Crippen molar-refractivity contribution in [2.75, 3.05) is 51.2 Å². The van der Waals surface area contributed by atoms with Crippen molar-refractivity contribution in [3.05, 3.63) is 118 Å². The average molecular weight is 670 g/mol. The molecule has 0 atom stereocenters. The van der Waals surface area contributed by atoms with Gasteiger partial charge in [0.15, 0.2) is 5.75 Å². The van der Waals surface area contributed by atoms with E-state index in [1.165, 1.54) is 28.8 Å². The summed E-state index contributed by atoms with van der Waals surface area (Å²) in [6.07, 6.45) is 1.22. The zero-order valence-electron chi connectivity index (χ0n) is 26.8. The number of rotatable bonds is 10. The number of anilines is 1. The lowest BCUT2D eigenvalue weighted by atomic mass is 9.99. The number of likely N-dealkylation sites (tertiary alicyclic amines) is 1. The van der Waals surface area contributed by atoms with Gasteiger partial charge in [0.1, 0.15) is 6.10 Å². The van der Waals surface area contributed by atoms with Crippen molar-refractivity contribution in [2.24, 2.45) is 0 Å². The lowest BCUT2D eigenvalue weighted by molar-refractivity contribution is -0.386. The molecule has 1 amide bonds. The number of hydrogen-bond donors (Lipinski definition) is 1. The molecule has 0 aliphatic carbocycles. The summed E-state index contributed by atoms with van der Waals surface area (Å²) >= 11 is 0. The van der Waals surface area contributed by atoms with Crippen molar-refractivity contribution in [3.63, 3.8) is 0 Å². The van der Waals surface area contributed by atoms with Gasteiger partial charge in [0.2, 0.25) is 0 Å². The van der Waals surface area contributed by atoms with Crippen molar-refractivity contribution in [2.45, 2.75) is 30.4 Å². The quantitative estimate of drug-likeness (QED) is 0.180. The number of piperazine rings is 1. The van der Waals surface area contributed by atoms with Gasteiger partial charge in [0.25, 0.3) is 15.9 Å². The summed E-state index contributed by atoms with van der Waals surface area (Å²) in [5.41, 5.74) is 4.37. The number of carbonyl (C=O) groups excluding carboxylic acids is 1. The molecule has 48 heavy (non-hydrogen) atoms. The first kappa shape index (κ1) is 33.1. The van der Waals surface area contributed by atoms with Gasteiger partial charge in [0.05, 0.1) is 9.82 Å². The number of ether oxygens (including phenoxy) is 1. The highest BCUT2D eigenvalue weighted by Gasteiger charge is 2.27. The Morgan fingerprint density at radius 2 is 1.54 bits per heavy atom. The fourth-order valence-electron chi connectivity index (χ4n) is 6.22. The number of carbonyl (C=O) groups is 1. The van der Waals surface area contributed by atoms with Crippen LogP contribution >= 0.6 is 0 Å². The Morgan fingerprint density at radius 3 is 2.23 bits per heavy atom. The summed E-state index contributed by atoms with van der Waals surface area (Å²) in [6.45, 7) is 5.82. The van der Waals surface area contributed by atoms with Crippen LogP contribution in [0.15, 0.2) is 102 Å². The zero-order chi connectivity index (χ0) is 33.7. The summed E-state index contributed by atoms with van der Waals surface area (Å²) < 4.78 is 34.1. The predicted molar refractivity (Wildman–Crippen MR) is 185 cm³/mol. The lowest BCUT2D eigenvalue weighted by Crippen LogP contribution is -2.46. The monoisotopic (exact) mass is 669 g/mol. The van der Waals surface area contributed by atoms with E-state index in [-0.39, 0.29) is 22.3 Å². The van der Waals surface area contributed by atoms with Crippen molar-refractivity contribution >= 4 is 27.3 Å². The molecule has 12 heteroatoms. The highest BCUT2D eigenvalue weighted by atomic mass is 32.2. The molecule has 6 rings (SSSR count). The predicted octanol–water partition coefficient (Wildman–Crippen LogP) is 5.18. The minimum atomic E-state index is -4.39. The molecule has 0 aromatic heterocycles. The summed E-state index contributed by atoms with van der Waals surface area (Å²) in [6, 6.07) is 29.1. The Hall–Kier alpha value is -4.78. The first-order chi connectivity index (χ1) is 23.2. The van der Waals surface area contributed by atoms with Gasteiger partial charge in [-0.2, -0.15) is 0 Å². The molecule has 1 N–H and O–H groups in total. The van der Waals surface area contributed by atoms with E-state index in [1.54, 1.807) is 12.1 Å². The van der Waals surface area contributed by atoms with Crippen LogP contribution < -0.4 is 14.4 Å². The second-order valence-corrected chi connectivity index (χ2v) is 14.0. The Morgan fingerprint density at radius 1 is 0.875 bits per heavy atom. The number of nitrogens with zero attached hydrogens (tertiary/aromatic N) is 4. The molecule has 2 saturated heterocycles. The fraction of sp³-hybridized carbons (Fsp3) is 0.306. The van der Waals surface area contributed by atoms with E-state index in [2.05, 4.69) is 63.2 Å². The van der Waals surface area contributed by atoms with Gasteiger partial charge >= 0.3 is 5.69 Å². The maximum atomic E-state index is 13.1. The molecule has 0 radical (unpaired) electrons. The van der Waals surface area contributed by atoms with Crippen LogP contribution in [0.4, 0.5) is 11.4 Å². The smallest absolute Gasteiger partial charge is 0.312 e. The molecule has 4 aromatic rings. The van der Waals surface area contributed by atoms with Crippen LogP contribution in [0.2, 0.25) is 0 Å². The van der Waals surface area contributed by atoms with Crippen LogP contribution in [0.5, 0.6) is 5.75 Å². The van der Waals surface area contributed by atoms with Crippen LogP contribution in [0, 0.1) is 10.1 Å². The van der Waals surface area contributed by atoms with E-state index in [0.29, 0.717) is 12.8 Å². The first-order valence-corrected chi connectivity index (χ1v) is 17.6. The minimum Gasteiger partial charge on any atom is -0.483 e. The fourth-order valence-corrected chi connectivity index (χ4v) is 7.21. The molecule has 2 fully saturated rings. The van der Waals surface area contributed by atoms with Crippen molar-refractivity contribution in [3.8, 4) is 16.9 Å². The Kier molecular flexibility index (Phi) is 10.0. The highest BCUT2D eigenvalue weighted by Crippen LogP contribution is 2.32. The molecule has 2 aliphatic rings. The molecular formula is C36H39N5O6S. The van der Waals surface area contributed by atoms with Crippen molar-refractivity contribution in [1.29, 1.82) is 0 Å². The van der Waals surface area contributed by atoms with Gasteiger partial charge in [-0.25, -0.2) is 13.1 Å². The number of nitro groups is 1. The van der Waals surface area contributed by atoms with E-state index in [4.69, 9.17) is 4.74 Å². The number of benzene rings is 4. The second-order valence-electron chi connectivity index (χ2n) is 12.3. The number of piperidine rings is 1. The third kappa shape index (κ3) is 7.84. The van der Waals surface area contributed by atoms with Gasteiger partial charge in [-0.15, -0.1) is 0 Å². The Bertz CT molecular complexity index is 1850. The SMILES string of the molecule is CN1CCC(Oc2ccc(S(=O)(=O)NC(=O)c3ccc(N4CCN(Cc5ccccc5-c5ccccc5)CC4)cc3)cc2[N+](=O)[O-])CC1. The molecule has 2 aliphatic heterocycles. The van der Waals surface area contributed by atoms with E-state index >= 15 is 0 Å². The standard InChI is InChI=1S/C36H39N5O6S/c1-38-19-17-31(18-20-38)47-35-16-15-32(25-34(35)41(43)44)48(45,46)37-36(42)28-11-13-30(14-12-28)40-23-21-39(22-24-40)26-29-9-5-6-10-33(29)27-7-3-2-4-8-27/h2-16,25,31H,17-24,26H2,1H3,(H,37,42). The highest BCUT2D eigenvalue weighted by molar-refractivity contribution is 7.90. The van der Waals surface area contributed by atoms with Crippen LogP contribution in [0.25, 0.3) is 11.1 Å². The summed E-state index contributed by atoms with van der Waals surface area (Å²) in [5, 5.41) is 11.8. The number of nitrogens with one attached hydrogen (secondary N) is 1. The summed E-state index contributed by atoms with van der Waals surface area (Å²) in [4.78, 5) is 30.5. The number of hydrogen-bond acceptors (Lipinski definition) is 9. The Balaban J connectivity index is 1.05. The molecular weight excluding hydrogens is 630 g/mol. The molecule has 11 nitrogen and oxygen atoms in total. The topological polar surface area (TPSA) is 125 Å². The number of amides is 1. The van der Waals surface area contributed by atoms with Gasteiger partial charge in [-0.3, -0.25) is 19.8 Å². The molecule has 0 unspecified atom stereocenters. The molecule has 0 spiro atoms. The molecule has 250 valence electrons. The molecule has 4 aromatic carbocycles. The maximum absolute atomic E-state index is 13.1. The number of nitro benzene ring substituents is 1. The van der Waals surface area contributed by atoms with E-state index in [0.717, 1.165) is 57.6 Å². The minimum absolute atomic E-state index is 0.00764. The molecule has 0 saturated carbocycles. The van der Waals surface area contributed by atoms with E-state index in [1.807, 2.05) is 30.0 Å². The van der Waals surface area contributed by atoms with Crippen LogP contribution in [0.3, 0.4) is 0 Å². The molecule has 2 heterocycles. The third-order valence-corrected chi connectivity index (χ3v) is 10.3. The average Bonchev–Trinajstić information content (AvgIpc) is 3.10. The third-order valence-electron chi connectivity index (χ3n) is 8.99. The maximum Gasteiger partial charge on any atom is 0.312 e. The first-order valence-electron chi connectivity index (χ1n) is 16.1. The second kappa shape index (κ2) is 14.5. The van der Waals surface area contributed by atoms with Crippen LogP contribution in [0.1, 0.15) is 28.8 Å². The van der Waals surface area contributed by atoms with E-state index < -0.39 is 26.5 Å². The van der Waals surface area contributed by atoms with Gasteiger partial charge in [-0.1, -0.05) is 54.6 Å². The van der Waals surface area contributed by atoms with Gasteiger partial charge in [0, 0.05) is 63.1 Å².